The Bertz CT molecular complexity index is 2220. The first-order valence-corrected chi connectivity index (χ1v) is 21.3. The lowest BCUT2D eigenvalue weighted by Gasteiger charge is -2.36. The third kappa shape index (κ3) is 8.63. The predicted octanol–water partition coefficient (Wildman–Crippen LogP) is 5.26. The van der Waals surface area contributed by atoms with Crippen LogP contribution in [0.3, 0.4) is 0 Å². The highest BCUT2D eigenvalue weighted by molar-refractivity contribution is 7.91. The molecule has 3 heterocycles. The van der Waals surface area contributed by atoms with E-state index in [0.29, 0.717) is 48.8 Å². The molecule has 2 aliphatic heterocycles. The van der Waals surface area contributed by atoms with E-state index in [9.17, 15) is 27.6 Å². The lowest BCUT2D eigenvalue weighted by molar-refractivity contribution is -0.143. The molecule has 304 valence electrons. The van der Waals surface area contributed by atoms with Gasteiger partial charge in [0.1, 0.15) is 35.0 Å². The van der Waals surface area contributed by atoms with Crippen LogP contribution in [0.4, 0.5) is 4.79 Å². The van der Waals surface area contributed by atoms with Crippen molar-refractivity contribution in [3.63, 3.8) is 0 Å². The third-order valence-corrected chi connectivity index (χ3v) is 13.2. The monoisotopic (exact) mass is 800 g/mol. The number of carbonyl (C=O) groups is 4. The summed E-state index contributed by atoms with van der Waals surface area (Å²) in [6, 6.07) is 12.9. The summed E-state index contributed by atoms with van der Waals surface area (Å²) in [5.41, 5.74) is 0.209. The van der Waals surface area contributed by atoms with Crippen LogP contribution in [0, 0.1) is 11.3 Å². The number of nitrogens with zero attached hydrogens (tertiary/aromatic N) is 3. The molecule has 0 spiro atoms. The van der Waals surface area contributed by atoms with Gasteiger partial charge in [0.15, 0.2) is 0 Å². The number of sulfonamides is 1. The Morgan fingerprint density at radius 3 is 2.44 bits per heavy atom. The molecule has 1 saturated heterocycles. The summed E-state index contributed by atoms with van der Waals surface area (Å²) in [5, 5.41) is 5.06. The number of carbonyl (C=O) groups excluding carboxylic acids is 4. The van der Waals surface area contributed by atoms with Crippen molar-refractivity contribution in [2.75, 3.05) is 6.54 Å². The fraction of sp³-hybridized carbons (Fsp3) is 0.524. The zero-order valence-electron chi connectivity index (χ0n) is 33.3. The lowest BCUT2D eigenvalue weighted by atomic mass is 9.85. The molecule has 0 unspecified atom stereocenters. The third-order valence-electron chi connectivity index (χ3n) is 11.3. The van der Waals surface area contributed by atoms with Gasteiger partial charge in [0.2, 0.25) is 27.7 Å². The normalized spacial score (nSPS) is 27.0. The number of amides is 4. The minimum absolute atomic E-state index is 0.0114. The molecule has 4 amide bonds. The second kappa shape index (κ2) is 15.0. The number of cyclic esters (lactones) is 1. The standard InChI is InChI=1S/C42H52N6O8S/c1-7-27-23-42(27,38(51)47-57(53,54)29-17-18-29)46-35(49)32-22-28-24-48(32)37(50)34(40(2,3)4)45-39(52)56-41(5,6)20-12-11-13-25-16-19-30-31(21-25)44-36(55-28)33(43-30)26-14-9-8-10-15-26/h8-11,13-16,19,21,27-29,32,34H,7,12,17-18,20,22-24H2,1-6H3,(H,45,52)(H,46,49)(H,47,51)/b13-11-/t27-,28-,32+,34-,42+/m1/s1. The van der Waals surface area contributed by atoms with Gasteiger partial charge >= 0.3 is 6.09 Å². The quantitative estimate of drug-likeness (QED) is 0.285. The molecule has 2 saturated carbocycles. The Morgan fingerprint density at radius 2 is 1.77 bits per heavy atom. The van der Waals surface area contributed by atoms with E-state index in [0.717, 1.165) is 11.1 Å². The summed E-state index contributed by atoms with van der Waals surface area (Å²) in [5.74, 6) is -2.04. The summed E-state index contributed by atoms with van der Waals surface area (Å²) in [6.07, 6.45) is 5.26. The highest BCUT2D eigenvalue weighted by atomic mass is 32.2. The number of alkyl carbamates (subject to hydrolysis) is 1. The van der Waals surface area contributed by atoms with Gasteiger partial charge < -0.3 is 25.0 Å². The van der Waals surface area contributed by atoms with Crippen LogP contribution in [0.5, 0.6) is 5.88 Å². The van der Waals surface area contributed by atoms with Crippen molar-refractivity contribution in [1.82, 2.24) is 30.2 Å². The molecule has 0 radical (unpaired) electrons. The Balaban J connectivity index is 1.28. The van der Waals surface area contributed by atoms with E-state index in [-0.39, 0.29) is 31.2 Å². The van der Waals surface area contributed by atoms with Gasteiger partial charge in [-0.05, 0) is 75.0 Å². The van der Waals surface area contributed by atoms with Crippen LogP contribution in [0.15, 0.2) is 54.6 Å². The molecule has 14 nitrogen and oxygen atoms in total. The van der Waals surface area contributed by atoms with E-state index in [4.69, 9.17) is 19.4 Å². The highest BCUT2D eigenvalue weighted by Crippen LogP contribution is 2.47. The van der Waals surface area contributed by atoms with Crippen LogP contribution >= 0.6 is 0 Å². The van der Waals surface area contributed by atoms with Crippen LogP contribution < -0.4 is 20.1 Å². The van der Waals surface area contributed by atoms with Crippen molar-refractivity contribution in [2.45, 2.75) is 121 Å². The van der Waals surface area contributed by atoms with Gasteiger partial charge in [-0.25, -0.2) is 23.2 Å². The smallest absolute Gasteiger partial charge is 0.408 e. The van der Waals surface area contributed by atoms with Crippen molar-refractivity contribution in [3.05, 3.63) is 60.2 Å². The van der Waals surface area contributed by atoms with Gasteiger partial charge in [-0.1, -0.05) is 82.7 Å². The van der Waals surface area contributed by atoms with Crippen molar-refractivity contribution in [2.24, 2.45) is 11.3 Å². The highest BCUT2D eigenvalue weighted by Gasteiger charge is 2.62. The van der Waals surface area contributed by atoms with Crippen LogP contribution in [-0.4, -0.2) is 88.2 Å². The number of hydrogen-bond acceptors (Lipinski definition) is 10. The van der Waals surface area contributed by atoms with Gasteiger partial charge in [0.05, 0.1) is 22.8 Å². The van der Waals surface area contributed by atoms with Gasteiger partial charge in [0, 0.05) is 12.0 Å². The zero-order chi connectivity index (χ0) is 40.9. The van der Waals surface area contributed by atoms with Crippen molar-refractivity contribution in [3.8, 4) is 17.1 Å². The van der Waals surface area contributed by atoms with Gasteiger partial charge in [0.25, 0.3) is 5.91 Å². The van der Waals surface area contributed by atoms with Crippen LogP contribution in [0.1, 0.15) is 92.1 Å². The second-order valence-electron chi connectivity index (χ2n) is 17.5. The molecule has 2 aromatic carbocycles. The molecular formula is C42H52N6O8S. The average molecular weight is 801 g/mol. The Labute approximate surface area is 333 Å². The molecule has 3 fully saturated rings. The molecule has 5 bridgehead atoms. The summed E-state index contributed by atoms with van der Waals surface area (Å²) >= 11 is 0. The second-order valence-corrected chi connectivity index (χ2v) is 19.4. The SMILES string of the molecule is CC[C@@H]1C[C@@]1(NC(=O)[C@@H]1C[C@@H]2CN1C(=O)[C@H](C(C)(C)C)NC(=O)OC(C)(C)CC/C=C\c1ccc3nc(-c4ccccc4)c(nc3c1)O2)C(=O)NS(=O)(=O)C1CC1. The summed E-state index contributed by atoms with van der Waals surface area (Å²) < 4.78 is 40.4. The number of ether oxygens (including phenoxy) is 2. The van der Waals surface area contributed by atoms with Gasteiger partial charge in [-0.3, -0.25) is 19.1 Å². The number of benzene rings is 2. The lowest BCUT2D eigenvalue weighted by Crippen LogP contribution is -2.60. The van der Waals surface area contributed by atoms with Gasteiger partial charge in [-0.2, -0.15) is 0 Å². The summed E-state index contributed by atoms with van der Waals surface area (Å²) in [4.78, 5) is 67.7. The number of nitrogens with one attached hydrogen (secondary N) is 3. The number of hydrogen-bond donors (Lipinski definition) is 3. The van der Waals surface area contributed by atoms with Crippen molar-refractivity contribution < 1.29 is 37.1 Å². The van der Waals surface area contributed by atoms with Gasteiger partial charge in [-0.15, -0.1) is 0 Å². The van der Waals surface area contributed by atoms with E-state index < -0.39 is 73.8 Å². The van der Waals surface area contributed by atoms with Crippen molar-refractivity contribution in [1.29, 1.82) is 0 Å². The van der Waals surface area contributed by atoms with Crippen LogP contribution in [0.25, 0.3) is 28.4 Å². The van der Waals surface area contributed by atoms with E-state index in [1.54, 1.807) is 34.6 Å². The fourth-order valence-electron chi connectivity index (χ4n) is 7.77. The van der Waals surface area contributed by atoms with Crippen LogP contribution in [-0.2, 0) is 29.1 Å². The summed E-state index contributed by atoms with van der Waals surface area (Å²) in [7, 11) is -3.89. The molecule has 4 aliphatic rings. The maximum absolute atomic E-state index is 14.8. The number of rotatable bonds is 7. The Hall–Kier alpha value is -5.05. The number of allylic oxidation sites excluding steroid dienone is 1. The largest absolute Gasteiger partial charge is 0.471 e. The van der Waals surface area contributed by atoms with E-state index in [1.165, 1.54) is 4.90 Å². The Morgan fingerprint density at radius 1 is 1.04 bits per heavy atom. The first-order valence-electron chi connectivity index (χ1n) is 19.8. The predicted molar refractivity (Wildman–Crippen MR) is 214 cm³/mol. The topological polar surface area (TPSA) is 186 Å². The van der Waals surface area contributed by atoms with E-state index in [2.05, 4.69) is 15.4 Å². The molecule has 5 atom stereocenters. The first kappa shape index (κ1) is 40.2. The molecule has 2 aliphatic carbocycles. The van der Waals surface area contributed by atoms with E-state index >= 15 is 0 Å². The molecule has 3 aromatic rings. The molecule has 3 N–H and O–H groups in total. The van der Waals surface area contributed by atoms with Crippen LogP contribution in [0.2, 0.25) is 0 Å². The maximum atomic E-state index is 14.8. The number of fused-ring (bicyclic) bond motifs is 4. The van der Waals surface area contributed by atoms with E-state index in [1.807, 2.05) is 67.6 Å². The fourth-order valence-corrected chi connectivity index (χ4v) is 9.13. The molecule has 1 aromatic heterocycles. The first-order chi connectivity index (χ1) is 26.9. The minimum atomic E-state index is -3.89. The molecule has 57 heavy (non-hydrogen) atoms. The molecule has 15 heteroatoms. The minimum Gasteiger partial charge on any atom is -0.471 e. The summed E-state index contributed by atoms with van der Waals surface area (Å²) in [6.45, 7) is 10.8. The molecule has 7 rings (SSSR count). The van der Waals surface area contributed by atoms with Crippen molar-refractivity contribution >= 4 is 50.9 Å². The zero-order valence-corrected chi connectivity index (χ0v) is 34.1. The number of aromatic nitrogens is 2. The molecular weight excluding hydrogens is 749 g/mol. The average Bonchev–Trinajstić information content (AvgIpc) is 4.08. The Kier molecular flexibility index (Phi) is 10.6. The maximum Gasteiger partial charge on any atom is 0.408 e.